The first-order valence-corrected chi connectivity index (χ1v) is 5.46. The number of hydrogen-bond donors (Lipinski definition) is 3. The van der Waals surface area contributed by atoms with Crippen molar-refractivity contribution in [3.8, 4) is 17.2 Å². The van der Waals surface area contributed by atoms with Gasteiger partial charge < -0.3 is 26.0 Å². The topological polar surface area (TPSA) is 117 Å². The van der Waals surface area contributed by atoms with Gasteiger partial charge in [-0.25, -0.2) is 4.98 Å². The van der Waals surface area contributed by atoms with E-state index in [0.717, 1.165) is 0 Å². The SMILES string of the molecule is [2H]C([2H])([2H])Oc1ccc(Cc2cc(N)nc(N)n2)c(OC([2H])([2H])[2H])c1O. The van der Waals surface area contributed by atoms with Crippen LogP contribution in [0.3, 0.4) is 0 Å². The number of hydrogen-bond acceptors (Lipinski definition) is 7. The maximum atomic E-state index is 10.3. The Morgan fingerprint density at radius 2 is 2.05 bits per heavy atom. The highest BCUT2D eigenvalue weighted by Crippen LogP contribution is 2.39. The summed E-state index contributed by atoms with van der Waals surface area (Å²) in [5.41, 5.74) is 11.7. The summed E-state index contributed by atoms with van der Waals surface area (Å²) in [4.78, 5) is 7.69. The average Bonchev–Trinajstić information content (AvgIpc) is 2.42. The molecule has 0 atom stereocenters. The van der Waals surface area contributed by atoms with Crippen LogP contribution >= 0.6 is 0 Å². The molecule has 0 bridgehead atoms. The summed E-state index contributed by atoms with van der Waals surface area (Å²) in [6.45, 7) is 0. The van der Waals surface area contributed by atoms with Crippen molar-refractivity contribution < 1.29 is 22.8 Å². The Morgan fingerprint density at radius 1 is 1.25 bits per heavy atom. The maximum absolute atomic E-state index is 10.3. The summed E-state index contributed by atoms with van der Waals surface area (Å²) in [7, 11) is -5.74. The molecule has 0 unspecified atom stereocenters. The van der Waals surface area contributed by atoms with Crippen molar-refractivity contribution in [2.45, 2.75) is 6.42 Å². The van der Waals surface area contributed by atoms with Crippen LogP contribution in [-0.4, -0.2) is 29.2 Å². The molecule has 0 saturated heterocycles. The molecule has 106 valence electrons. The second-order valence-electron chi connectivity index (χ2n) is 3.92. The molecule has 0 aliphatic heterocycles. The zero-order chi connectivity index (χ0) is 19.7. The highest BCUT2D eigenvalue weighted by molar-refractivity contribution is 5.55. The quantitative estimate of drug-likeness (QED) is 0.764. The minimum Gasteiger partial charge on any atom is -0.502 e. The predicted molar refractivity (Wildman–Crippen MR) is 74.9 cm³/mol. The number of aromatic nitrogens is 2. The van der Waals surface area contributed by atoms with E-state index in [9.17, 15) is 5.11 Å². The van der Waals surface area contributed by atoms with Crippen LogP contribution in [0.25, 0.3) is 0 Å². The van der Waals surface area contributed by atoms with Gasteiger partial charge in [-0.3, -0.25) is 0 Å². The van der Waals surface area contributed by atoms with Gasteiger partial charge in [0, 0.05) is 18.1 Å². The van der Waals surface area contributed by atoms with Gasteiger partial charge in [-0.15, -0.1) is 0 Å². The molecular formula is C13H16N4O3. The summed E-state index contributed by atoms with van der Waals surface area (Å²) in [5, 5.41) is 10.3. The number of nitrogen functional groups attached to an aromatic ring is 2. The molecule has 20 heavy (non-hydrogen) atoms. The van der Waals surface area contributed by atoms with Crippen molar-refractivity contribution in [2.75, 3.05) is 25.5 Å². The van der Waals surface area contributed by atoms with Crippen LogP contribution in [0.15, 0.2) is 18.2 Å². The van der Waals surface area contributed by atoms with E-state index < -0.39 is 31.3 Å². The summed E-state index contributed by atoms with van der Waals surface area (Å²) in [6.07, 6.45) is -0.00998. The van der Waals surface area contributed by atoms with Gasteiger partial charge in [-0.1, -0.05) is 6.07 Å². The average molecular weight is 282 g/mol. The normalized spacial score (nSPS) is 16.0. The van der Waals surface area contributed by atoms with Gasteiger partial charge in [0.1, 0.15) is 5.82 Å². The fourth-order valence-corrected chi connectivity index (χ4v) is 1.76. The Kier molecular flexibility index (Phi) is 2.15. The zero-order valence-electron chi connectivity index (χ0n) is 16.3. The van der Waals surface area contributed by atoms with E-state index in [2.05, 4.69) is 14.7 Å². The number of nitrogens with two attached hydrogens (primary N) is 2. The van der Waals surface area contributed by atoms with Crippen molar-refractivity contribution >= 4 is 11.8 Å². The number of aromatic hydroxyl groups is 1. The van der Waals surface area contributed by atoms with Gasteiger partial charge in [0.15, 0.2) is 11.5 Å². The van der Waals surface area contributed by atoms with Crippen LogP contribution in [0.2, 0.25) is 0 Å². The van der Waals surface area contributed by atoms with Crippen LogP contribution in [0.4, 0.5) is 11.8 Å². The lowest BCUT2D eigenvalue weighted by Gasteiger charge is -2.13. The smallest absolute Gasteiger partial charge is 0.222 e. The van der Waals surface area contributed by atoms with Gasteiger partial charge >= 0.3 is 0 Å². The molecule has 0 radical (unpaired) electrons. The molecule has 2 rings (SSSR count). The van der Waals surface area contributed by atoms with Gasteiger partial charge in [0.2, 0.25) is 11.7 Å². The molecule has 1 aromatic carbocycles. The molecule has 7 heteroatoms. The van der Waals surface area contributed by atoms with Crippen LogP contribution in [-0.2, 0) is 6.42 Å². The molecule has 1 aromatic heterocycles. The molecular weight excluding hydrogens is 260 g/mol. The molecule has 0 amide bonds. The van der Waals surface area contributed by atoms with Crippen molar-refractivity contribution in [1.29, 1.82) is 0 Å². The van der Waals surface area contributed by atoms with Crippen molar-refractivity contribution in [2.24, 2.45) is 0 Å². The summed E-state index contributed by atoms with van der Waals surface area (Å²) in [6, 6.07) is 3.94. The van der Waals surface area contributed by atoms with Gasteiger partial charge in [0.05, 0.1) is 28.0 Å². The van der Waals surface area contributed by atoms with Gasteiger partial charge in [-0.05, 0) is 6.07 Å². The fraction of sp³-hybridized carbons (Fsp3) is 0.231. The summed E-state index contributed by atoms with van der Waals surface area (Å²) < 4.78 is 52.5. The number of phenolic OH excluding ortho intramolecular Hbond substituents is 1. The van der Waals surface area contributed by atoms with E-state index >= 15 is 0 Å². The highest BCUT2D eigenvalue weighted by atomic mass is 16.5. The Labute approximate surface area is 124 Å². The Bertz CT molecular complexity index is 789. The van der Waals surface area contributed by atoms with E-state index in [0.29, 0.717) is 5.69 Å². The van der Waals surface area contributed by atoms with Crippen LogP contribution in [0.5, 0.6) is 17.2 Å². The number of rotatable bonds is 4. The molecule has 2 aromatic rings. The monoisotopic (exact) mass is 282 g/mol. The standard InChI is InChI=1S/C13H16N4O3/c1-19-9-4-3-7(12(20-2)11(9)18)5-8-6-10(14)17-13(15)16-8/h3-4,6,18H,5H2,1-2H3,(H4,14,15,16,17)/i1D3,2D3. The second-order valence-corrected chi connectivity index (χ2v) is 3.92. The zero-order valence-corrected chi connectivity index (χ0v) is 10.3. The van der Waals surface area contributed by atoms with Crippen LogP contribution in [0, 0.1) is 0 Å². The summed E-state index contributed by atoms with van der Waals surface area (Å²) in [5.74, 6) is -1.63. The lowest BCUT2D eigenvalue weighted by molar-refractivity contribution is 0.337. The van der Waals surface area contributed by atoms with E-state index in [-0.39, 0.29) is 23.8 Å². The van der Waals surface area contributed by atoms with Gasteiger partial charge in [0.25, 0.3) is 0 Å². The first-order chi connectivity index (χ1) is 11.8. The Hall–Kier alpha value is -2.70. The lowest BCUT2D eigenvalue weighted by atomic mass is 10.1. The number of nitrogens with zero attached hydrogens (tertiary/aromatic N) is 2. The molecule has 0 fully saturated rings. The Balaban J connectivity index is 2.48. The van der Waals surface area contributed by atoms with E-state index in [1.807, 2.05) is 0 Å². The minimum absolute atomic E-state index is 0.00998. The largest absolute Gasteiger partial charge is 0.502 e. The molecule has 0 spiro atoms. The number of methoxy groups -OCH3 is 2. The van der Waals surface area contributed by atoms with Gasteiger partial charge in [-0.2, -0.15) is 4.98 Å². The maximum Gasteiger partial charge on any atom is 0.222 e. The predicted octanol–water partition coefficient (Wildman–Crippen LogP) is 0.955. The van der Waals surface area contributed by atoms with E-state index in [4.69, 9.17) is 24.4 Å². The highest BCUT2D eigenvalue weighted by Gasteiger charge is 2.15. The Morgan fingerprint density at radius 3 is 2.75 bits per heavy atom. The molecule has 0 aliphatic carbocycles. The lowest BCUT2D eigenvalue weighted by Crippen LogP contribution is -2.04. The molecule has 7 nitrogen and oxygen atoms in total. The van der Waals surface area contributed by atoms with E-state index in [1.165, 1.54) is 18.2 Å². The minimum atomic E-state index is -2.89. The number of anilines is 2. The van der Waals surface area contributed by atoms with E-state index in [1.54, 1.807) is 0 Å². The second kappa shape index (κ2) is 5.52. The first kappa shape index (κ1) is 7.78. The van der Waals surface area contributed by atoms with Crippen molar-refractivity contribution in [3.63, 3.8) is 0 Å². The molecule has 0 saturated carbocycles. The third kappa shape index (κ3) is 2.66. The van der Waals surface area contributed by atoms with Crippen molar-refractivity contribution in [1.82, 2.24) is 9.97 Å². The van der Waals surface area contributed by atoms with Crippen molar-refractivity contribution in [3.05, 3.63) is 29.5 Å². The van der Waals surface area contributed by atoms with Crippen LogP contribution < -0.4 is 20.9 Å². The third-order valence-electron chi connectivity index (χ3n) is 2.58. The molecule has 0 aliphatic rings. The number of phenols is 1. The third-order valence-corrected chi connectivity index (χ3v) is 2.58. The molecule has 1 heterocycles. The fourth-order valence-electron chi connectivity index (χ4n) is 1.76. The first-order valence-electron chi connectivity index (χ1n) is 8.46. The number of benzene rings is 1. The molecule has 5 N–H and O–H groups in total. The summed E-state index contributed by atoms with van der Waals surface area (Å²) >= 11 is 0. The number of ether oxygens (including phenoxy) is 2. The van der Waals surface area contributed by atoms with Crippen LogP contribution in [0.1, 0.15) is 19.5 Å².